The molecule has 1 aromatic rings. The lowest BCUT2D eigenvalue weighted by Gasteiger charge is -2.12. The Balaban J connectivity index is 2.48. The molecule has 1 rings (SSSR count). The second-order valence-electron chi connectivity index (χ2n) is 3.45. The minimum atomic E-state index is 0.251. The van der Waals surface area contributed by atoms with Crippen molar-refractivity contribution >= 4 is 0 Å². The zero-order valence-electron chi connectivity index (χ0n) is 9.40. The minimum absolute atomic E-state index is 0.251. The van der Waals surface area contributed by atoms with Crippen LogP contribution in [0, 0.1) is 0 Å². The molecule has 0 saturated carbocycles. The van der Waals surface area contributed by atoms with Crippen LogP contribution < -0.4 is 15.2 Å². The van der Waals surface area contributed by atoms with Gasteiger partial charge in [-0.1, -0.05) is 6.92 Å². The van der Waals surface area contributed by atoms with Gasteiger partial charge in [-0.15, -0.1) is 0 Å². The second kappa shape index (κ2) is 6.30. The zero-order valence-corrected chi connectivity index (χ0v) is 9.40. The van der Waals surface area contributed by atoms with Crippen LogP contribution in [0.2, 0.25) is 0 Å². The molecule has 1 unspecified atom stereocenters. The van der Waals surface area contributed by atoms with Gasteiger partial charge in [-0.2, -0.15) is 0 Å². The Bertz CT molecular complexity index is 271. The first-order valence-electron chi connectivity index (χ1n) is 5.35. The summed E-state index contributed by atoms with van der Waals surface area (Å²) in [5.41, 5.74) is 5.34. The molecule has 3 nitrogen and oxygen atoms in total. The molecule has 0 bridgehead atoms. The van der Waals surface area contributed by atoms with Crippen molar-refractivity contribution in [2.75, 3.05) is 13.2 Å². The smallest absolute Gasteiger partial charge is 0.119 e. The van der Waals surface area contributed by atoms with Crippen molar-refractivity contribution in [3.05, 3.63) is 24.3 Å². The largest absolute Gasteiger partial charge is 0.492 e. The van der Waals surface area contributed by atoms with E-state index in [0.717, 1.165) is 17.9 Å². The fourth-order valence-electron chi connectivity index (χ4n) is 1.11. The molecular formula is C12H19NO2. The highest BCUT2D eigenvalue weighted by atomic mass is 16.5. The van der Waals surface area contributed by atoms with Gasteiger partial charge in [0.1, 0.15) is 18.1 Å². The quantitative estimate of drug-likeness (QED) is 0.781. The van der Waals surface area contributed by atoms with Gasteiger partial charge >= 0.3 is 0 Å². The van der Waals surface area contributed by atoms with E-state index in [-0.39, 0.29) is 6.10 Å². The van der Waals surface area contributed by atoms with Crippen molar-refractivity contribution in [1.82, 2.24) is 0 Å². The van der Waals surface area contributed by atoms with Gasteiger partial charge in [0.05, 0.1) is 6.10 Å². The van der Waals surface area contributed by atoms with Crippen LogP contribution >= 0.6 is 0 Å². The third-order valence-electron chi connectivity index (χ3n) is 2.12. The molecule has 0 heterocycles. The lowest BCUT2D eigenvalue weighted by Crippen LogP contribution is -2.11. The number of hydrogen-bond acceptors (Lipinski definition) is 3. The van der Waals surface area contributed by atoms with Crippen molar-refractivity contribution in [2.45, 2.75) is 26.4 Å². The molecule has 0 radical (unpaired) electrons. The monoisotopic (exact) mass is 209 g/mol. The maximum absolute atomic E-state index is 5.64. The van der Waals surface area contributed by atoms with Crippen molar-refractivity contribution in [3.63, 3.8) is 0 Å². The first-order chi connectivity index (χ1) is 7.26. The fraction of sp³-hybridized carbons (Fsp3) is 0.500. The molecule has 1 atom stereocenters. The molecule has 0 saturated heterocycles. The number of hydrogen-bond donors (Lipinski definition) is 1. The second-order valence-corrected chi connectivity index (χ2v) is 3.45. The van der Waals surface area contributed by atoms with Crippen LogP contribution in [-0.2, 0) is 0 Å². The van der Waals surface area contributed by atoms with E-state index >= 15 is 0 Å². The van der Waals surface area contributed by atoms with E-state index in [2.05, 4.69) is 13.8 Å². The average Bonchev–Trinajstić information content (AvgIpc) is 2.28. The molecule has 0 amide bonds. The highest BCUT2D eigenvalue weighted by molar-refractivity contribution is 5.31. The van der Waals surface area contributed by atoms with Gasteiger partial charge in [-0.05, 0) is 37.6 Å². The third kappa shape index (κ3) is 4.21. The van der Waals surface area contributed by atoms with Gasteiger partial charge in [0.15, 0.2) is 0 Å². The van der Waals surface area contributed by atoms with E-state index in [1.807, 2.05) is 24.3 Å². The third-order valence-corrected chi connectivity index (χ3v) is 2.12. The van der Waals surface area contributed by atoms with E-state index in [1.165, 1.54) is 0 Å². The summed E-state index contributed by atoms with van der Waals surface area (Å²) in [6.07, 6.45) is 1.26. The highest BCUT2D eigenvalue weighted by Crippen LogP contribution is 2.18. The maximum atomic E-state index is 5.64. The Morgan fingerprint density at radius 2 is 1.80 bits per heavy atom. The normalized spacial score (nSPS) is 12.2. The predicted molar refractivity (Wildman–Crippen MR) is 61.4 cm³/mol. The number of rotatable bonds is 6. The lowest BCUT2D eigenvalue weighted by atomic mass is 10.3. The van der Waals surface area contributed by atoms with E-state index in [1.54, 1.807) is 0 Å². The molecule has 0 aliphatic carbocycles. The molecule has 1 aromatic carbocycles. The van der Waals surface area contributed by atoms with Gasteiger partial charge in [0.25, 0.3) is 0 Å². The Labute approximate surface area is 91.2 Å². The van der Waals surface area contributed by atoms with Crippen LogP contribution in [0.3, 0.4) is 0 Å². The first kappa shape index (κ1) is 11.9. The minimum Gasteiger partial charge on any atom is -0.492 e. The summed E-state index contributed by atoms with van der Waals surface area (Å²) in [6.45, 7) is 5.24. The molecule has 2 N–H and O–H groups in total. The van der Waals surface area contributed by atoms with Gasteiger partial charge in [0.2, 0.25) is 0 Å². The zero-order chi connectivity index (χ0) is 11.1. The molecular weight excluding hydrogens is 190 g/mol. The van der Waals surface area contributed by atoms with Crippen molar-refractivity contribution in [1.29, 1.82) is 0 Å². The molecule has 0 aliphatic rings. The van der Waals surface area contributed by atoms with Crippen molar-refractivity contribution in [3.8, 4) is 11.5 Å². The number of ether oxygens (including phenoxy) is 2. The average molecular weight is 209 g/mol. The summed E-state index contributed by atoms with van der Waals surface area (Å²) >= 11 is 0. The van der Waals surface area contributed by atoms with Crippen LogP contribution in [0.15, 0.2) is 24.3 Å². The van der Waals surface area contributed by atoms with Gasteiger partial charge in [-0.3, -0.25) is 0 Å². The summed E-state index contributed by atoms with van der Waals surface area (Å²) in [7, 11) is 0. The standard InChI is InChI=1S/C12H19NO2/c1-3-10(2)15-12-6-4-11(5-7-12)14-9-8-13/h4-7,10H,3,8-9,13H2,1-2H3. The van der Waals surface area contributed by atoms with E-state index < -0.39 is 0 Å². The molecule has 15 heavy (non-hydrogen) atoms. The van der Waals surface area contributed by atoms with E-state index in [4.69, 9.17) is 15.2 Å². The predicted octanol–water partition coefficient (Wildman–Crippen LogP) is 2.20. The molecule has 0 aromatic heterocycles. The van der Waals surface area contributed by atoms with Crippen LogP contribution in [0.1, 0.15) is 20.3 Å². The lowest BCUT2D eigenvalue weighted by molar-refractivity contribution is 0.217. The maximum Gasteiger partial charge on any atom is 0.119 e. The van der Waals surface area contributed by atoms with Crippen LogP contribution in [0.25, 0.3) is 0 Å². The SMILES string of the molecule is CCC(C)Oc1ccc(OCCN)cc1. The van der Waals surface area contributed by atoms with Gasteiger partial charge in [-0.25, -0.2) is 0 Å². The summed E-state index contributed by atoms with van der Waals surface area (Å²) in [6, 6.07) is 7.62. The fourth-order valence-corrected chi connectivity index (χ4v) is 1.11. The number of nitrogens with two attached hydrogens (primary N) is 1. The molecule has 84 valence electrons. The summed E-state index contributed by atoms with van der Waals surface area (Å²) in [5.74, 6) is 1.71. The van der Waals surface area contributed by atoms with Crippen LogP contribution in [0.5, 0.6) is 11.5 Å². The van der Waals surface area contributed by atoms with Crippen LogP contribution in [0.4, 0.5) is 0 Å². The van der Waals surface area contributed by atoms with E-state index in [0.29, 0.717) is 13.2 Å². The topological polar surface area (TPSA) is 44.5 Å². The molecule has 3 heteroatoms. The Kier molecular flexibility index (Phi) is 4.98. The van der Waals surface area contributed by atoms with Crippen LogP contribution in [-0.4, -0.2) is 19.3 Å². The first-order valence-corrected chi connectivity index (χ1v) is 5.35. The summed E-state index contributed by atoms with van der Waals surface area (Å²) in [5, 5.41) is 0. The Hall–Kier alpha value is -1.22. The van der Waals surface area contributed by atoms with Crippen molar-refractivity contribution in [2.24, 2.45) is 5.73 Å². The highest BCUT2D eigenvalue weighted by Gasteiger charge is 2.00. The number of benzene rings is 1. The van der Waals surface area contributed by atoms with Gasteiger partial charge in [0, 0.05) is 6.54 Å². The Morgan fingerprint density at radius 3 is 2.33 bits per heavy atom. The summed E-state index contributed by atoms with van der Waals surface area (Å²) < 4.78 is 11.0. The molecule has 0 aliphatic heterocycles. The van der Waals surface area contributed by atoms with Gasteiger partial charge < -0.3 is 15.2 Å². The van der Waals surface area contributed by atoms with E-state index in [9.17, 15) is 0 Å². The molecule has 0 fully saturated rings. The Morgan fingerprint density at radius 1 is 1.20 bits per heavy atom. The molecule has 0 spiro atoms. The van der Waals surface area contributed by atoms with Crippen molar-refractivity contribution < 1.29 is 9.47 Å². The summed E-state index contributed by atoms with van der Waals surface area (Å²) in [4.78, 5) is 0.